The first-order valence-electron chi connectivity index (χ1n) is 12.1. The quantitative estimate of drug-likeness (QED) is 0.0762. The number of carbonyl (C=O) groups is 5. The average molecular weight is 550 g/mol. The van der Waals surface area contributed by atoms with E-state index >= 15 is 0 Å². The Morgan fingerprint density at radius 3 is 1.88 bits per heavy atom. The van der Waals surface area contributed by atoms with Crippen molar-refractivity contribution in [3.63, 3.8) is 0 Å². The van der Waals surface area contributed by atoms with Crippen LogP contribution in [0, 0.1) is 10.1 Å². The molecule has 0 saturated heterocycles. The van der Waals surface area contributed by atoms with Crippen molar-refractivity contribution in [3.8, 4) is 5.75 Å². The topological polar surface area (TPSA) is 150 Å². The summed E-state index contributed by atoms with van der Waals surface area (Å²) in [6.45, 7) is -0.628. The van der Waals surface area contributed by atoms with Crippen LogP contribution in [-0.4, -0.2) is 41.1 Å². The average Bonchev–Trinajstić information content (AvgIpc) is 3.25. The second kappa shape index (κ2) is 11.0. The molecule has 0 unspecified atom stereocenters. The maximum atomic E-state index is 12.9. The van der Waals surface area contributed by atoms with Crippen LogP contribution < -0.4 is 9.64 Å². The summed E-state index contributed by atoms with van der Waals surface area (Å²) in [5.41, 5.74) is 0.511. The van der Waals surface area contributed by atoms with Crippen LogP contribution in [0.1, 0.15) is 51.8 Å². The van der Waals surface area contributed by atoms with Gasteiger partial charge < -0.3 is 9.47 Å². The minimum atomic E-state index is -0.904. The van der Waals surface area contributed by atoms with Gasteiger partial charge in [0.05, 0.1) is 32.9 Å². The minimum absolute atomic E-state index is 0.0374. The van der Waals surface area contributed by atoms with Gasteiger partial charge in [0, 0.05) is 17.7 Å². The highest BCUT2D eigenvalue weighted by molar-refractivity contribution is 6.35. The zero-order chi connectivity index (χ0) is 29.1. The molecule has 0 aromatic heterocycles. The fourth-order valence-electron chi connectivity index (χ4n) is 4.14. The van der Waals surface area contributed by atoms with Gasteiger partial charge in [-0.05, 0) is 60.7 Å². The number of hydrogen-bond donors (Lipinski definition) is 0. The van der Waals surface area contributed by atoms with Gasteiger partial charge in [-0.3, -0.25) is 24.5 Å². The first-order valence-corrected chi connectivity index (χ1v) is 12.1. The molecule has 0 fully saturated rings. The summed E-state index contributed by atoms with van der Waals surface area (Å²) in [5.74, 6) is -3.22. The van der Waals surface area contributed by atoms with E-state index in [0.717, 1.165) is 4.90 Å². The van der Waals surface area contributed by atoms with Gasteiger partial charge in [-0.15, -0.1) is 0 Å². The third-order valence-corrected chi connectivity index (χ3v) is 6.19. The van der Waals surface area contributed by atoms with Gasteiger partial charge in [0.25, 0.3) is 17.5 Å². The zero-order valence-electron chi connectivity index (χ0n) is 21.0. The molecule has 11 nitrogen and oxygen atoms in total. The van der Waals surface area contributed by atoms with Crippen molar-refractivity contribution in [2.45, 2.75) is 0 Å². The molecule has 4 aromatic rings. The molecule has 0 spiro atoms. The molecule has 1 aliphatic heterocycles. The van der Waals surface area contributed by atoms with Crippen molar-refractivity contribution >= 4 is 40.9 Å². The first-order chi connectivity index (χ1) is 19.7. The molecule has 11 heteroatoms. The summed E-state index contributed by atoms with van der Waals surface area (Å²) in [7, 11) is 0. The van der Waals surface area contributed by atoms with Crippen molar-refractivity contribution in [2.75, 3.05) is 11.5 Å². The van der Waals surface area contributed by atoms with E-state index in [0.29, 0.717) is 0 Å². The molecule has 202 valence electrons. The maximum absolute atomic E-state index is 12.9. The van der Waals surface area contributed by atoms with E-state index in [1.54, 1.807) is 18.2 Å². The Labute approximate surface area is 231 Å². The summed E-state index contributed by atoms with van der Waals surface area (Å²) >= 11 is 0. The van der Waals surface area contributed by atoms with Gasteiger partial charge in [0.1, 0.15) is 5.75 Å². The third kappa shape index (κ3) is 5.32. The molecule has 0 bridgehead atoms. The highest BCUT2D eigenvalue weighted by atomic mass is 16.6. The number of anilines is 1. The smallest absolute Gasteiger partial charge is 0.343 e. The number of carbonyl (C=O) groups excluding carboxylic acids is 5. The Morgan fingerprint density at radius 2 is 1.27 bits per heavy atom. The van der Waals surface area contributed by atoms with Gasteiger partial charge in [0.2, 0.25) is 0 Å². The van der Waals surface area contributed by atoms with Crippen molar-refractivity contribution in [2.24, 2.45) is 0 Å². The summed E-state index contributed by atoms with van der Waals surface area (Å²) < 4.78 is 10.4. The highest BCUT2D eigenvalue weighted by Gasteiger charge is 2.38. The molecule has 41 heavy (non-hydrogen) atoms. The van der Waals surface area contributed by atoms with E-state index in [-0.39, 0.29) is 44.9 Å². The van der Waals surface area contributed by atoms with Gasteiger partial charge >= 0.3 is 11.9 Å². The number of hydrogen-bond acceptors (Lipinski definition) is 9. The number of para-hydroxylation sites is 1. The molecular formula is C30H18N2O9. The molecule has 0 radical (unpaired) electrons. The molecule has 0 saturated carbocycles. The van der Waals surface area contributed by atoms with Crippen molar-refractivity contribution in [3.05, 3.63) is 135 Å². The van der Waals surface area contributed by atoms with Crippen molar-refractivity contribution in [1.29, 1.82) is 0 Å². The number of nitrogens with zero attached hydrogens (tertiary/aromatic N) is 2. The SMILES string of the molecule is O=C(COC(=O)c1ccccc1N1C(=O)c2ccccc2C1=O)c1ccc(OC(=O)c2ccc([N+](=O)[O-])cc2)cc1. The van der Waals surface area contributed by atoms with Crippen LogP contribution in [0.2, 0.25) is 0 Å². The van der Waals surface area contributed by atoms with E-state index in [4.69, 9.17) is 9.47 Å². The summed E-state index contributed by atoms with van der Waals surface area (Å²) in [6.07, 6.45) is 0. The molecular weight excluding hydrogens is 532 g/mol. The van der Waals surface area contributed by atoms with Crippen LogP contribution in [-0.2, 0) is 4.74 Å². The van der Waals surface area contributed by atoms with Crippen LogP contribution in [0.15, 0.2) is 97.1 Å². The molecule has 0 aliphatic carbocycles. The van der Waals surface area contributed by atoms with Crippen molar-refractivity contribution in [1.82, 2.24) is 0 Å². The Morgan fingerprint density at radius 1 is 0.707 bits per heavy atom. The number of rotatable bonds is 8. The summed E-state index contributed by atoms with van der Waals surface area (Å²) in [4.78, 5) is 74.7. The van der Waals surface area contributed by atoms with E-state index in [1.807, 2.05) is 0 Å². The Balaban J connectivity index is 1.22. The van der Waals surface area contributed by atoms with E-state index in [1.165, 1.54) is 78.9 Å². The lowest BCUT2D eigenvalue weighted by molar-refractivity contribution is -0.384. The highest BCUT2D eigenvalue weighted by Crippen LogP contribution is 2.31. The molecule has 5 rings (SSSR count). The monoisotopic (exact) mass is 550 g/mol. The zero-order valence-corrected chi connectivity index (χ0v) is 21.0. The molecule has 2 amide bonds. The molecule has 0 N–H and O–H groups in total. The molecule has 1 heterocycles. The van der Waals surface area contributed by atoms with Gasteiger partial charge in [-0.2, -0.15) is 0 Å². The summed E-state index contributed by atoms with van der Waals surface area (Å²) in [6, 6.07) is 22.6. The van der Waals surface area contributed by atoms with Crippen LogP contribution in [0.25, 0.3) is 0 Å². The number of non-ortho nitro benzene ring substituents is 1. The standard InChI is InChI=1S/C30H18N2O9/c33-26(18-11-15-21(16-12-18)41-29(36)19-9-13-20(14-10-19)32(38)39)17-40-30(37)24-7-3-4-8-25(24)31-27(34)22-5-1-2-6-23(22)28(31)35/h1-16H,17H2. The van der Waals surface area contributed by atoms with Crippen LogP contribution in [0.5, 0.6) is 5.75 Å². The normalized spacial score (nSPS) is 12.0. The lowest BCUT2D eigenvalue weighted by Gasteiger charge is -2.17. The lowest BCUT2D eigenvalue weighted by atomic mass is 10.1. The number of benzene rings is 4. The van der Waals surface area contributed by atoms with Gasteiger partial charge in [-0.25, -0.2) is 14.5 Å². The molecule has 1 aliphatic rings. The maximum Gasteiger partial charge on any atom is 0.343 e. The van der Waals surface area contributed by atoms with Crippen LogP contribution >= 0.6 is 0 Å². The fourth-order valence-corrected chi connectivity index (χ4v) is 4.14. The third-order valence-electron chi connectivity index (χ3n) is 6.19. The fraction of sp³-hybridized carbons (Fsp3) is 0.0333. The Bertz CT molecular complexity index is 1690. The number of fused-ring (bicyclic) bond motifs is 1. The number of esters is 2. The summed E-state index contributed by atoms with van der Waals surface area (Å²) in [5, 5.41) is 10.8. The number of ether oxygens (including phenoxy) is 2. The second-order valence-electron chi connectivity index (χ2n) is 8.73. The number of Topliss-reactive ketones (excluding diaryl/α,β-unsaturated/α-hetero) is 1. The van der Waals surface area contributed by atoms with E-state index in [2.05, 4.69) is 0 Å². The van der Waals surface area contributed by atoms with Crippen molar-refractivity contribution < 1.29 is 38.4 Å². The van der Waals surface area contributed by atoms with Gasteiger partial charge in [0.15, 0.2) is 12.4 Å². The predicted octanol–water partition coefficient (Wildman–Crippen LogP) is 4.65. The minimum Gasteiger partial charge on any atom is -0.454 e. The largest absolute Gasteiger partial charge is 0.454 e. The Hall–Kier alpha value is -5.97. The number of nitro groups is 1. The van der Waals surface area contributed by atoms with E-state index < -0.39 is 41.1 Å². The lowest BCUT2D eigenvalue weighted by Crippen LogP contribution is -2.31. The van der Waals surface area contributed by atoms with Gasteiger partial charge in [-0.1, -0.05) is 24.3 Å². The molecule has 0 atom stereocenters. The number of imide groups is 1. The predicted molar refractivity (Wildman–Crippen MR) is 143 cm³/mol. The number of amides is 2. The second-order valence-corrected chi connectivity index (χ2v) is 8.73. The molecule has 4 aromatic carbocycles. The van der Waals surface area contributed by atoms with Crippen LogP contribution in [0.4, 0.5) is 11.4 Å². The first kappa shape index (κ1) is 26.6. The number of nitro benzene ring substituents is 1. The van der Waals surface area contributed by atoms with Crippen LogP contribution in [0.3, 0.4) is 0 Å². The Kier molecular flexibility index (Phi) is 7.16. The van der Waals surface area contributed by atoms with E-state index in [9.17, 15) is 34.1 Å². The number of ketones is 1.